The minimum absolute atomic E-state index is 0.265. The van der Waals surface area contributed by atoms with E-state index in [-0.39, 0.29) is 5.82 Å². The second kappa shape index (κ2) is 3.67. The Balaban J connectivity index is 2.55. The van der Waals surface area contributed by atoms with Crippen LogP contribution in [0.4, 0.5) is 4.39 Å². The van der Waals surface area contributed by atoms with E-state index in [9.17, 15) is 4.39 Å². The van der Waals surface area contributed by atoms with Gasteiger partial charge in [0.25, 0.3) is 0 Å². The summed E-state index contributed by atoms with van der Waals surface area (Å²) in [6.07, 6.45) is 1.60. The molecule has 0 saturated carbocycles. The Hall–Kier alpha value is -1.55. The van der Waals surface area contributed by atoms with E-state index in [1.807, 2.05) is 6.07 Å². The van der Waals surface area contributed by atoms with E-state index < -0.39 is 0 Å². The van der Waals surface area contributed by atoms with Gasteiger partial charge in [-0.1, -0.05) is 12.1 Å². The van der Waals surface area contributed by atoms with Gasteiger partial charge in [0, 0.05) is 17.5 Å². The zero-order chi connectivity index (χ0) is 9.97. The summed E-state index contributed by atoms with van der Waals surface area (Å²) in [6, 6.07) is 8.07. The minimum Gasteiger partial charge on any atom is -0.330 e. The Morgan fingerprint density at radius 3 is 2.86 bits per heavy atom. The number of hydrogen-bond donors (Lipinski definition) is 1. The van der Waals surface area contributed by atoms with Crippen molar-refractivity contribution in [3.8, 4) is 11.3 Å². The molecule has 4 heteroatoms. The van der Waals surface area contributed by atoms with E-state index in [1.165, 1.54) is 12.1 Å². The fourth-order valence-corrected chi connectivity index (χ4v) is 1.36. The van der Waals surface area contributed by atoms with Gasteiger partial charge in [-0.05, 0) is 30.4 Å². The van der Waals surface area contributed by atoms with Crippen molar-refractivity contribution in [2.24, 2.45) is 0 Å². The summed E-state index contributed by atoms with van der Waals surface area (Å²) < 4.78 is 13.3. The van der Waals surface area contributed by atoms with Crippen molar-refractivity contribution in [1.82, 2.24) is 9.97 Å². The van der Waals surface area contributed by atoms with Crippen molar-refractivity contribution in [3.05, 3.63) is 47.1 Å². The molecular formula is C10H7FN2S. The van der Waals surface area contributed by atoms with Crippen LogP contribution in [0.3, 0.4) is 0 Å². The average Bonchev–Trinajstić information content (AvgIpc) is 2.18. The summed E-state index contributed by atoms with van der Waals surface area (Å²) >= 11 is 4.87. The second-order valence-electron chi connectivity index (χ2n) is 2.80. The first-order valence-corrected chi connectivity index (χ1v) is 4.48. The van der Waals surface area contributed by atoms with Gasteiger partial charge in [0.05, 0.1) is 0 Å². The highest BCUT2D eigenvalue weighted by Gasteiger charge is 1.98. The highest BCUT2D eigenvalue weighted by Crippen LogP contribution is 2.16. The molecule has 0 bridgehead atoms. The first kappa shape index (κ1) is 9.02. The van der Waals surface area contributed by atoms with Crippen LogP contribution >= 0.6 is 12.2 Å². The zero-order valence-corrected chi connectivity index (χ0v) is 8.01. The van der Waals surface area contributed by atoms with Crippen LogP contribution in [0.15, 0.2) is 36.5 Å². The van der Waals surface area contributed by atoms with Gasteiger partial charge >= 0.3 is 0 Å². The highest BCUT2D eigenvalue weighted by molar-refractivity contribution is 7.71. The quantitative estimate of drug-likeness (QED) is 0.727. The predicted octanol–water partition coefficient (Wildman–Crippen LogP) is 2.95. The van der Waals surface area contributed by atoms with E-state index >= 15 is 0 Å². The molecule has 2 rings (SSSR count). The molecule has 1 aromatic carbocycles. The van der Waals surface area contributed by atoms with E-state index in [0.717, 1.165) is 11.3 Å². The number of nitrogens with one attached hydrogen (secondary N) is 1. The topological polar surface area (TPSA) is 28.7 Å². The van der Waals surface area contributed by atoms with Gasteiger partial charge < -0.3 is 4.98 Å². The summed E-state index contributed by atoms with van der Waals surface area (Å²) in [5, 5.41) is 0. The normalized spacial score (nSPS) is 10.1. The molecule has 1 heterocycles. The van der Waals surface area contributed by atoms with Crippen LogP contribution in [0.25, 0.3) is 11.3 Å². The van der Waals surface area contributed by atoms with Crippen LogP contribution in [0, 0.1) is 10.6 Å². The fraction of sp³-hybridized carbons (Fsp3) is 0. The monoisotopic (exact) mass is 206 g/mol. The van der Waals surface area contributed by atoms with Crippen molar-refractivity contribution in [3.63, 3.8) is 0 Å². The molecule has 0 atom stereocenters. The molecule has 14 heavy (non-hydrogen) atoms. The van der Waals surface area contributed by atoms with E-state index in [4.69, 9.17) is 12.2 Å². The maximum absolute atomic E-state index is 12.9. The molecular weight excluding hydrogens is 199 g/mol. The molecule has 0 unspecified atom stereocenters. The lowest BCUT2D eigenvalue weighted by molar-refractivity contribution is 0.628. The highest BCUT2D eigenvalue weighted by atomic mass is 32.1. The Morgan fingerprint density at radius 2 is 2.14 bits per heavy atom. The van der Waals surface area contributed by atoms with Crippen molar-refractivity contribution in [2.75, 3.05) is 0 Å². The molecule has 70 valence electrons. The molecule has 1 aromatic heterocycles. The third kappa shape index (κ3) is 1.85. The average molecular weight is 206 g/mol. The molecule has 0 amide bonds. The largest absolute Gasteiger partial charge is 0.330 e. The van der Waals surface area contributed by atoms with Gasteiger partial charge in [0.15, 0.2) is 4.77 Å². The fourth-order valence-electron chi connectivity index (χ4n) is 1.19. The molecule has 0 fully saturated rings. The summed E-state index contributed by atoms with van der Waals surface area (Å²) in [4.78, 5) is 6.74. The summed E-state index contributed by atoms with van der Waals surface area (Å²) in [5.41, 5.74) is 1.53. The molecule has 0 aliphatic rings. The maximum atomic E-state index is 12.9. The number of aromatic nitrogens is 2. The van der Waals surface area contributed by atoms with E-state index in [2.05, 4.69) is 9.97 Å². The number of H-pyrrole nitrogens is 1. The van der Waals surface area contributed by atoms with E-state index in [1.54, 1.807) is 18.3 Å². The zero-order valence-electron chi connectivity index (χ0n) is 7.20. The van der Waals surface area contributed by atoms with Gasteiger partial charge in [-0.3, -0.25) is 0 Å². The molecule has 0 spiro atoms. The lowest BCUT2D eigenvalue weighted by Crippen LogP contribution is -1.86. The van der Waals surface area contributed by atoms with Crippen molar-refractivity contribution >= 4 is 12.2 Å². The van der Waals surface area contributed by atoms with Crippen LogP contribution in [0.1, 0.15) is 0 Å². The van der Waals surface area contributed by atoms with Gasteiger partial charge in [-0.25, -0.2) is 9.37 Å². The number of rotatable bonds is 1. The van der Waals surface area contributed by atoms with Gasteiger partial charge in [0.2, 0.25) is 0 Å². The Labute approximate surface area is 85.5 Å². The standard InChI is InChI=1S/C10H7FN2S/c11-8-3-1-2-7(6-8)9-4-5-12-10(14)13-9/h1-6H,(H,12,13,14). The second-order valence-corrected chi connectivity index (χ2v) is 3.19. The summed E-state index contributed by atoms with van der Waals surface area (Å²) in [5.74, 6) is -0.265. The van der Waals surface area contributed by atoms with Gasteiger partial charge in [-0.2, -0.15) is 0 Å². The van der Waals surface area contributed by atoms with Crippen molar-refractivity contribution in [1.29, 1.82) is 0 Å². The van der Waals surface area contributed by atoms with Crippen LogP contribution < -0.4 is 0 Å². The number of aromatic amines is 1. The first-order chi connectivity index (χ1) is 6.75. The van der Waals surface area contributed by atoms with Crippen LogP contribution in [0.5, 0.6) is 0 Å². The third-order valence-corrected chi connectivity index (χ3v) is 2.02. The molecule has 0 saturated heterocycles. The SMILES string of the molecule is Fc1cccc(-c2ccnc(=S)[nH]2)c1. The molecule has 1 N–H and O–H groups in total. The van der Waals surface area contributed by atoms with Gasteiger partial charge in [0.1, 0.15) is 5.82 Å². The molecule has 0 radical (unpaired) electrons. The molecule has 0 aliphatic heterocycles. The molecule has 2 nitrogen and oxygen atoms in total. The smallest absolute Gasteiger partial charge is 0.197 e. The Morgan fingerprint density at radius 1 is 1.29 bits per heavy atom. The minimum atomic E-state index is -0.265. The molecule has 0 aliphatic carbocycles. The number of halogens is 1. The Kier molecular flexibility index (Phi) is 2.37. The third-order valence-electron chi connectivity index (χ3n) is 1.81. The number of benzene rings is 1. The van der Waals surface area contributed by atoms with Crippen LogP contribution in [-0.2, 0) is 0 Å². The number of nitrogens with zero attached hydrogens (tertiary/aromatic N) is 1. The summed E-state index contributed by atoms with van der Waals surface area (Å²) in [7, 11) is 0. The van der Waals surface area contributed by atoms with E-state index in [0.29, 0.717) is 4.77 Å². The lowest BCUT2D eigenvalue weighted by atomic mass is 10.1. The number of hydrogen-bond acceptors (Lipinski definition) is 2. The summed E-state index contributed by atoms with van der Waals surface area (Å²) in [6.45, 7) is 0. The van der Waals surface area contributed by atoms with Crippen molar-refractivity contribution in [2.45, 2.75) is 0 Å². The first-order valence-electron chi connectivity index (χ1n) is 4.07. The van der Waals surface area contributed by atoms with Crippen molar-refractivity contribution < 1.29 is 4.39 Å². The Bertz CT molecular complexity index is 507. The van der Waals surface area contributed by atoms with Crippen LogP contribution in [-0.4, -0.2) is 9.97 Å². The lowest BCUT2D eigenvalue weighted by Gasteiger charge is -2.00. The van der Waals surface area contributed by atoms with Gasteiger partial charge in [-0.15, -0.1) is 0 Å². The molecule has 2 aromatic rings. The predicted molar refractivity (Wildman–Crippen MR) is 54.8 cm³/mol. The van der Waals surface area contributed by atoms with Crippen LogP contribution in [0.2, 0.25) is 0 Å². The maximum Gasteiger partial charge on any atom is 0.197 e.